The minimum atomic E-state index is -4.37. The summed E-state index contributed by atoms with van der Waals surface area (Å²) >= 11 is 0. The van der Waals surface area contributed by atoms with Gasteiger partial charge in [0.1, 0.15) is 11.6 Å². The second-order valence-electron chi connectivity index (χ2n) is 6.25. The molecule has 3 aromatic rings. The summed E-state index contributed by atoms with van der Waals surface area (Å²) in [6, 6.07) is 12.2. The van der Waals surface area contributed by atoms with E-state index in [9.17, 15) is 13.2 Å². The summed E-state index contributed by atoms with van der Waals surface area (Å²) in [5.41, 5.74) is 2.24. The SMILES string of the molecule is COc1ccc(C)cc1Nc1cc(C)nc(Nc2ccc(C(F)(F)F)cc2)n1. The second kappa shape index (κ2) is 7.75. The average molecular weight is 388 g/mol. The third-order valence-electron chi connectivity index (χ3n) is 3.94. The maximum absolute atomic E-state index is 12.7. The van der Waals surface area contributed by atoms with Gasteiger partial charge in [0.2, 0.25) is 5.95 Å². The monoisotopic (exact) mass is 388 g/mol. The Morgan fingerprint density at radius 3 is 2.25 bits per heavy atom. The third kappa shape index (κ3) is 4.70. The third-order valence-corrected chi connectivity index (χ3v) is 3.94. The number of nitrogens with zero attached hydrogens (tertiary/aromatic N) is 2. The quantitative estimate of drug-likeness (QED) is 0.595. The Morgan fingerprint density at radius 1 is 0.893 bits per heavy atom. The molecule has 1 aromatic heterocycles. The fourth-order valence-electron chi connectivity index (χ4n) is 2.62. The van der Waals surface area contributed by atoms with E-state index in [1.165, 1.54) is 12.1 Å². The van der Waals surface area contributed by atoms with Crippen LogP contribution in [0, 0.1) is 13.8 Å². The molecule has 0 radical (unpaired) electrons. The smallest absolute Gasteiger partial charge is 0.416 e. The molecule has 0 bridgehead atoms. The van der Waals surface area contributed by atoms with E-state index in [0.717, 1.165) is 23.4 Å². The Labute approximate surface area is 160 Å². The van der Waals surface area contributed by atoms with Gasteiger partial charge in [-0.1, -0.05) is 6.07 Å². The highest BCUT2D eigenvalue weighted by Crippen LogP contribution is 2.31. The highest BCUT2D eigenvalue weighted by Gasteiger charge is 2.29. The largest absolute Gasteiger partial charge is 0.495 e. The van der Waals surface area contributed by atoms with Gasteiger partial charge in [0.25, 0.3) is 0 Å². The first-order chi connectivity index (χ1) is 13.2. The number of anilines is 4. The Balaban J connectivity index is 1.83. The zero-order chi connectivity index (χ0) is 20.3. The molecule has 5 nitrogen and oxygen atoms in total. The predicted molar refractivity (Wildman–Crippen MR) is 103 cm³/mol. The normalized spacial score (nSPS) is 11.2. The number of nitrogens with one attached hydrogen (secondary N) is 2. The van der Waals surface area contributed by atoms with Gasteiger partial charge in [-0.05, 0) is 55.8 Å². The fraction of sp³-hybridized carbons (Fsp3) is 0.200. The molecule has 8 heteroatoms. The molecular formula is C20H19F3N4O. The van der Waals surface area contributed by atoms with Crippen molar-refractivity contribution in [1.29, 1.82) is 0 Å². The summed E-state index contributed by atoms with van der Waals surface area (Å²) in [4.78, 5) is 8.68. The molecule has 0 saturated carbocycles. The van der Waals surface area contributed by atoms with E-state index in [2.05, 4.69) is 20.6 Å². The van der Waals surface area contributed by atoms with Crippen LogP contribution >= 0.6 is 0 Å². The van der Waals surface area contributed by atoms with Gasteiger partial charge in [-0.15, -0.1) is 0 Å². The lowest BCUT2D eigenvalue weighted by molar-refractivity contribution is -0.137. The van der Waals surface area contributed by atoms with Crippen LogP contribution in [0.2, 0.25) is 0 Å². The minimum absolute atomic E-state index is 0.272. The molecule has 0 spiro atoms. The molecule has 3 rings (SSSR count). The maximum atomic E-state index is 12.7. The van der Waals surface area contributed by atoms with E-state index >= 15 is 0 Å². The summed E-state index contributed by atoms with van der Waals surface area (Å²) in [6.45, 7) is 3.77. The first kappa shape index (κ1) is 19.5. The molecule has 0 fully saturated rings. The number of alkyl halides is 3. The molecule has 0 unspecified atom stereocenters. The van der Waals surface area contributed by atoms with Crippen molar-refractivity contribution in [3.8, 4) is 5.75 Å². The Bertz CT molecular complexity index is 972. The number of hydrogen-bond donors (Lipinski definition) is 2. The zero-order valence-corrected chi connectivity index (χ0v) is 15.6. The molecule has 2 N–H and O–H groups in total. The van der Waals surface area contributed by atoms with Gasteiger partial charge in [-0.3, -0.25) is 0 Å². The summed E-state index contributed by atoms with van der Waals surface area (Å²) in [7, 11) is 1.58. The van der Waals surface area contributed by atoms with Gasteiger partial charge in [0.15, 0.2) is 0 Å². The molecule has 0 atom stereocenters. The molecule has 0 aliphatic rings. The number of benzene rings is 2. The Kier molecular flexibility index (Phi) is 5.39. The maximum Gasteiger partial charge on any atom is 0.416 e. The molecule has 0 aliphatic heterocycles. The lowest BCUT2D eigenvalue weighted by atomic mass is 10.2. The van der Waals surface area contributed by atoms with Crippen LogP contribution in [-0.4, -0.2) is 17.1 Å². The molecule has 2 aromatic carbocycles. The lowest BCUT2D eigenvalue weighted by Gasteiger charge is -2.13. The van der Waals surface area contributed by atoms with Crippen LogP contribution in [0.4, 0.5) is 36.3 Å². The predicted octanol–water partition coefficient (Wildman–Crippen LogP) is 5.61. The first-order valence-corrected chi connectivity index (χ1v) is 8.46. The summed E-state index contributed by atoms with van der Waals surface area (Å²) in [5.74, 6) is 1.47. The van der Waals surface area contributed by atoms with E-state index in [1.807, 2.05) is 25.1 Å². The van der Waals surface area contributed by atoms with Crippen molar-refractivity contribution in [2.45, 2.75) is 20.0 Å². The van der Waals surface area contributed by atoms with Crippen LogP contribution in [-0.2, 0) is 6.18 Å². The van der Waals surface area contributed by atoms with Crippen LogP contribution < -0.4 is 15.4 Å². The standard InChI is InChI=1S/C20H19F3N4O/c1-12-4-9-17(28-3)16(10-12)26-18-11-13(2)24-19(27-18)25-15-7-5-14(6-8-15)20(21,22)23/h4-11H,1-3H3,(H2,24,25,26,27). The van der Waals surface area contributed by atoms with Crippen LogP contribution in [0.5, 0.6) is 5.75 Å². The van der Waals surface area contributed by atoms with Crippen LogP contribution in [0.25, 0.3) is 0 Å². The van der Waals surface area contributed by atoms with Crippen molar-refractivity contribution in [1.82, 2.24) is 9.97 Å². The van der Waals surface area contributed by atoms with E-state index in [4.69, 9.17) is 4.74 Å². The van der Waals surface area contributed by atoms with Crippen molar-refractivity contribution in [2.75, 3.05) is 17.7 Å². The van der Waals surface area contributed by atoms with Crippen molar-refractivity contribution in [3.05, 3.63) is 65.4 Å². The molecule has 146 valence electrons. The molecule has 0 amide bonds. The van der Waals surface area contributed by atoms with E-state index in [1.54, 1.807) is 20.1 Å². The van der Waals surface area contributed by atoms with E-state index in [0.29, 0.717) is 22.9 Å². The second-order valence-corrected chi connectivity index (χ2v) is 6.25. The van der Waals surface area contributed by atoms with Crippen molar-refractivity contribution >= 4 is 23.1 Å². The van der Waals surface area contributed by atoms with Crippen molar-refractivity contribution in [2.24, 2.45) is 0 Å². The Hall–Kier alpha value is -3.29. The van der Waals surface area contributed by atoms with Crippen LogP contribution in [0.1, 0.15) is 16.8 Å². The summed E-state index contributed by atoms with van der Waals surface area (Å²) in [6.07, 6.45) is -4.37. The number of methoxy groups -OCH3 is 1. The molecule has 28 heavy (non-hydrogen) atoms. The van der Waals surface area contributed by atoms with E-state index < -0.39 is 11.7 Å². The average Bonchev–Trinajstić information content (AvgIpc) is 2.61. The molecule has 0 aliphatic carbocycles. The van der Waals surface area contributed by atoms with Gasteiger partial charge in [-0.2, -0.15) is 18.2 Å². The van der Waals surface area contributed by atoms with Crippen molar-refractivity contribution < 1.29 is 17.9 Å². The number of ether oxygens (including phenoxy) is 1. The topological polar surface area (TPSA) is 59.1 Å². The van der Waals surface area contributed by atoms with Gasteiger partial charge in [0, 0.05) is 17.4 Å². The molecule has 1 heterocycles. The summed E-state index contributed by atoms with van der Waals surface area (Å²) < 4.78 is 43.4. The van der Waals surface area contributed by atoms with Gasteiger partial charge < -0.3 is 15.4 Å². The Morgan fingerprint density at radius 2 is 1.61 bits per heavy atom. The highest BCUT2D eigenvalue weighted by molar-refractivity contribution is 5.66. The molecular weight excluding hydrogens is 369 g/mol. The first-order valence-electron chi connectivity index (χ1n) is 8.46. The lowest BCUT2D eigenvalue weighted by Crippen LogP contribution is -2.05. The minimum Gasteiger partial charge on any atom is -0.495 e. The van der Waals surface area contributed by atoms with Crippen molar-refractivity contribution in [3.63, 3.8) is 0 Å². The number of aryl methyl sites for hydroxylation is 2. The van der Waals surface area contributed by atoms with Gasteiger partial charge in [-0.25, -0.2) is 4.98 Å². The van der Waals surface area contributed by atoms with E-state index in [-0.39, 0.29) is 5.95 Å². The number of aromatic nitrogens is 2. The van der Waals surface area contributed by atoms with Gasteiger partial charge in [0.05, 0.1) is 18.4 Å². The fourth-order valence-corrected chi connectivity index (χ4v) is 2.62. The number of hydrogen-bond acceptors (Lipinski definition) is 5. The molecule has 0 saturated heterocycles. The number of halogens is 3. The summed E-state index contributed by atoms with van der Waals surface area (Å²) in [5, 5.41) is 6.12. The van der Waals surface area contributed by atoms with Crippen LogP contribution in [0.15, 0.2) is 48.5 Å². The van der Waals surface area contributed by atoms with Crippen LogP contribution in [0.3, 0.4) is 0 Å². The van der Waals surface area contributed by atoms with Gasteiger partial charge >= 0.3 is 6.18 Å². The highest BCUT2D eigenvalue weighted by atomic mass is 19.4. The number of rotatable bonds is 5. The zero-order valence-electron chi connectivity index (χ0n) is 15.6.